The highest BCUT2D eigenvalue weighted by atomic mass is 16.7. The molecule has 3 rings (SSSR count). The van der Waals surface area contributed by atoms with E-state index in [1.807, 2.05) is 37.3 Å². The van der Waals surface area contributed by atoms with Crippen molar-refractivity contribution < 1.29 is 84.3 Å². The molecule has 2 fully saturated rings. The number of allylic oxidation sites excluding steroid dienone is 12. The van der Waals surface area contributed by atoms with Gasteiger partial charge in [-0.1, -0.05) is 92.0 Å². The van der Waals surface area contributed by atoms with Crippen molar-refractivity contribution in [3.05, 3.63) is 85.1 Å². The molecule has 0 radical (unpaired) electrons. The largest absolute Gasteiger partial charge is 0.462 e. The predicted octanol–water partition coefficient (Wildman–Crippen LogP) is 0.144. The minimum Gasteiger partial charge on any atom is -0.462 e. The van der Waals surface area contributed by atoms with Crippen LogP contribution < -0.4 is 11.1 Å². The quantitative estimate of drug-likeness (QED) is 0.158. The van der Waals surface area contributed by atoms with Gasteiger partial charge in [0.2, 0.25) is 5.91 Å². The van der Waals surface area contributed by atoms with Gasteiger partial charge in [0.25, 0.3) is 0 Å². The molecule has 0 aromatic rings. The first kappa shape index (κ1) is 58.8. The fourth-order valence-electron chi connectivity index (χ4n) is 8.14. The Morgan fingerprint density at radius 1 is 0.750 bits per heavy atom. The van der Waals surface area contributed by atoms with Gasteiger partial charge in [-0.2, -0.15) is 0 Å². The van der Waals surface area contributed by atoms with Gasteiger partial charge in [0, 0.05) is 51.2 Å². The van der Waals surface area contributed by atoms with Crippen LogP contribution in [0.25, 0.3) is 0 Å². The molecule has 19 nitrogen and oxygen atoms in total. The molecule has 2 saturated heterocycles. The molecule has 7 unspecified atom stereocenters. The second-order valence-electron chi connectivity index (χ2n) is 18.2. The summed E-state index contributed by atoms with van der Waals surface area (Å²) in [7, 11) is 1.46. The second kappa shape index (κ2) is 30.3. The van der Waals surface area contributed by atoms with Crippen LogP contribution in [0.1, 0.15) is 78.6 Å². The first-order chi connectivity index (χ1) is 32.2. The lowest BCUT2D eigenvalue weighted by atomic mass is 9.82. The number of hydrogen-bond donors (Lipinski definition) is 12. The topological polar surface area (TPSA) is 321 Å². The number of methoxy groups -OCH3 is 1. The van der Waals surface area contributed by atoms with E-state index in [4.69, 9.17) is 29.4 Å². The number of cyclic esters (lactones) is 1. The predicted molar refractivity (Wildman–Crippen MR) is 250 cm³/mol. The molecule has 18 atom stereocenters. The number of amides is 1. The molecule has 68 heavy (non-hydrogen) atoms. The van der Waals surface area contributed by atoms with E-state index in [9.17, 15) is 60.7 Å². The van der Waals surface area contributed by atoms with Crippen LogP contribution in [0, 0.1) is 11.8 Å². The van der Waals surface area contributed by atoms with E-state index in [1.165, 1.54) is 7.11 Å². The van der Waals surface area contributed by atoms with Gasteiger partial charge in [-0.3, -0.25) is 9.59 Å². The zero-order valence-corrected chi connectivity index (χ0v) is 39.6. The molecule has 386 valence electrons. The summed E-state index contributed by atoms with van der Waals surface area (Å²) in [5.41, 5.74) is 6.01. The maximum absolute atomic E-state index is 13.8. The molecule has 3 heterocycles. The Bertz CT molecular complexity index is 1710. The molecule has 3 aliphatic heterocycles. The monoisotopic (exact) mass is 967 g/mol. The fraction of sp³-hybridized carbons (Fsp3) is 0.673. The number of carbonyl (C=O) groups is 2. The van der Waals surface area contributed by atoms with Crippen molar-refractivity contribution in [2.45, 2.75) is 176 Å². The van der Waals surface area contributed by atoms with E-state index in [0.717, 1.165) is 0 Å². The Hall–Kier alpha value is -3.48. The smallest absolute Gasteiger partial charge is 0.308 e. The highest BCUT2D eigenvalue weighted by Crippen LogP contribution is 2.38. The zero-order valence-electron chi connectivity index (χ0n) is 39.6. The number of ether oxygens (including phenoxy) is 5. The Balaban J connectivity index is 1.91. The minimum absolute atomic E-state index is 0.0933. The van der Waals surface area contributed by atoms with E-state index in [-0.39, 0.29) is 51.2 Å². The van der Waals surface area contributed by atoms with Crippen LogP contribution in [0.15, 0.2) is 85.1 Å². The molecule has 3 aliphatic rings. The SMILES string of the molecule is COCC(C)NC(=O)C1[C@@H]2CC(O[C@@H]3OC[C@@H](O)[C@H](N)[C@@H]3O)/C=C/C=C/C=C/C=C/C=C/C=C/C=C/[C@H](C)[C@@H](O)C[C@H](C)OC(=O)CC(O)CC(O)CC[C@@H](O)[C@H](O)CC(O)CC(O)(C[C@@H]1O)O2. The lowest BCUT2D eigenvalue weighted by molar-refractivity contribution is -0.304. The summed E-state index contributed by atoms with van der Waals surface area (Å²) in [6.45, 7) is 5.05. The number of carbonyl (C=O) groups excluding carboxylic acids is 2. The molecule has 0 spiro atoms. The number of aliphatic hydroxyl groups excluding tert-OH is 9. The van der Waals surface area contributed by atoms with Gasteiger partial charge < -0.3 is 85.8 Å². The van der Waals surface area contributed by atoms with Crippen molar-refractivity contribution >= 4 is 11.9 Å². The maximum Gasteiger partial charge on any atom is 0.308 e. The van der Waals surface area contributed by atoms with Gasteiger partial charge in [-0.15, -0.1) is 0 Å². The van der Waals surface area contributed by atoms with Crippen LogP contribution in [-0.4, -0.2) is 181 Å². The van der Waals surface area contributed by atoms with Gasteiger partial charge in [0.15, 0.2) is 12.1 Å². The summed E-state index contributed by atoms with van der Waals surface area (Å²) >= 11 is 0. The zero-order chi connectivity index (χ0) is 50.4. The van der Waals surface area contributed by atoms with Crippen molar-refractivity contribution in [1.82, 2.24) is 5.32 Å². The minimum atomic E-state index is -2.27. The lowest BCUT2D eigenvalue weighted by Gasteiger charge is -2.46. The van der Waals surface area contributed by atoms with Gasteiger partial charge in [-0.05, 0) is 33.1 Å². The van der Waals surface area contributed by atoms with E-state index in [0.29, 0.717) is 0 Å². The van der Waals surface area contributed by atoms with Gasteiger partial charge in [0.1, 0.15) is 12.2 Å². The van der Waals surface area contributed by atoms with Crippen molar-refractivity contribution in [3.8, 4) is 0 Å². The average Bonchev–Trinajstić information content (AvgIpc) is 3.24. The summed E-state index contributed by atoms with van der Waals surface area (Å²) in [5, 5.41) is 112. The van der Waals surface area contributed by atoms with Gasteiger partial charge in [0.05, 0.1) is 92.6 Å². The number of esters is 1. The summed E-state index contributed by atoms with van der Waals surface area (Å²) < 4.78 is 28.5. The third-order valence-electron chi connectivity index (χ3n) is 11.9. The number of hydrogen-bond acceptors (Lipinski definition) is 18. The molecule has 0 aromatic heterocycles. The number of aliphatic hydroxyl groups is 10. The number of nitrogens with two attached hydrogens (primary N) is 1. The molecular weight excluding hydrogens is 889 g/mol. The van der Waals surface area contributed by atoms with Crippen LogP contribution >= 0.6 is 0 Å². The van der Waals surface area contributed by atoms with E-state index >= 15 is 0 Å². The average molecular weight is 967 g/mol. The summed E-state index contributed by atoms with van der Waals surface area (Å²) in [6, 6.07) is -1.60. The number of nitrogens with one attached hydrogen (secondary N) is 1. The Morgan fingerprint density at radius 3 is 1.97 bits per heavy atom. The second-order valence-corrected chi connectivity index (χ2v) is 18.2. The normalized spacial score (nSPS) is 42.2. The number of fused-ring (bicyclic) bond motifs is 2. The van der Waals surface area contributed by atoms with Crippen LogP contribution in [0.3, 0.4) is 0 Å². The Morgan fingerprint density at radius 2 is 1.35 bits per heavy atom. The highest BCUT2D eigenvalue weighted by molar-refractivity contribution is 5.80. The first-order valence-electron chi connectivity index (χ1n) is 23.4. The summed E-state index contributed by atoms with van der Waals surface area (Å²) in [4.78, 5) is 26.3. The Kier molecular flexibility index (Phi) is 26.2. The van der Waals surface area contributed by atoms with Crippen molar-refractivity contribution in [2.75, 3.05) is 20.3 Å². The molecule has 13 N–H and O–H groups in total. The molecule has 0 aliphatic carbocycles. The molecule has 0 saturated carbocycles. The van der Waals surface area contributed by atoms with Crippen molar-refractivity contribution in [3.63, 3.8) is 0 Å². The van der Waals surface area contributed by atoms with Crippen molar-refractivity contribution in [1.29, 1.82) is 0 Å². The summed E-state index contributed by atoms with van der Waals surface area (Å²) in [6.07, 6.45) is 5.74. The van der Waals surface area contributed by atoms with Crippen LogP contribution in [0.4, 0.5) is 0 Å². The fourth-order valence-corrected chi connectivity index (χ4v) is 8.14. The van der Waals surface area contributed by atoms with Gasteiger partial charge >= 0.3 is 5.97 Å². The van der Waals surface area contributed by atoms with Crippen LogP contribution in [0.2, 0.25) is 0 Å². The molecular formula is C49H78N2O17. The van der Waals surface area contributed by atoms with Crippen LogP contribution in [-0.2, 0) is 33.3 Å². The van der Waals surface area contributed by atoms with E-state index < -0.39 is 141 Å². The maximum atomic E-state index is 13.8. The lowest BCUT2D eigenvalue weighted by Crippen LogP contribution is -2.60. The third-order valence-corrected chi connectivity index (χ3v) is 11.9. The molecule has 0 aromatic carbocycles. The molecule has 2 bridgehead atoms. The van der Waals surface area contributed by atoms with Crippen LogP contribution in [0.5, 0.6) is 0 Å². The van der Waals surface area contributed by atoms with Gasteiger partial charge in [-0.25, -0.2) is 0 Å². The molecule has 1 amide bonds. The third kappa shape index (κ3) is 21.3. The standard InChI is InChI=1S/C49H78N2O17/c1-30-17-15-13-11-9-7-5-6-8-10-12-14-16-18-36(67-48-46(61)45(50)41(59)29-65-48)25-42-44(47(62)51-31(2)28-64-4)40(58)27-49(63,68-42)26-35(54)23-39(57)37(55)20-19-33(52)22-34(53)24-43(60)66-32(3)21-38(30)56/h5-18,30-42,44-46,48,52-59,61,63H,19-29,50H2,1-4H3,(H,51,62)/b6-5+,9-7+,10-8+,13-11+,14-12+,17-15+,18-16+/t30-,31?,32-,33?,34?,35?,36?,37+,38-,39+,40-,41+,42-,44?,45-,46-,48-,49?/m0/s1. The van der Waals surface area contributed by atoms with Crippen molar-refractivity contribution in [2.24, 2.45) is 17.6 Å². The Labute approximate surface area is 399 Å². The number of rotatable bonds is 6. The first-order valence-corrected chi connectivity index (χ1v) is 23.4. The van der Waals surface area contributed by atoms with E-state index in [1.54, 1.807) is 68.5 Å². The highest BCUT2D eigenvalue weighted by Gasteiger charge is 2.50. The van der Waals surface area contributed by atoms with E-state index in [2.05, 4.69) is 5.32 Å². The summed E-state index contributed by atoms with van der Waals surface area (Å²) in [5.74, 6) is -5.18. The molecule has 19 heteroatoms.